The van der Waals surface area contributed by atoms with Gasteiger partial charge in [-0.05, 0) is 225 Å². The van der Waals surface area contributed by atoms with Gasteiger partial charge in [-0.25, -0.2) is 0 Å². The summed E-state index contributed by atoms with van der Waals surface area (Å²) in [4.78, 5) is 4.75. The Labute approximate surface area is 474 Å². The van der Waals surface area contributed by atoms with Crippen molar-refractivity contribution in [2.24, 2.45) is 0 Å². The van der Waals surface area contributed by atoms with Gasteiger partial charge in [0.15, 0.2) is 0 Å². The molecule has 14 aromatic rings. The molecule has 3 heteroatoms. The summed E-state index contributed by atoms with van der Waals surface area (Å²) < 4.78 is 2.47. The van der Waals surface area contributed by atoms with Crippen molar-refractivity contribution in [2.75, 3.05) is 9.80 Å². The molecule has 0 amide bonds. The van der Waals surface area contributed by atoms with Gasteiger partial charge in [-0.2, -0.15) is 0 Å². The van der Waals surface area contributed by atoms with E-state index in [0.29, 0.717) is 0 Å². The van der Waals surface area contributed by atoms with Crippen LogP contribution in [-0.4, -0.2) is 4.57 Å². The van der Waals surface area contributed by atoms with Gasteiger partial charge in [0, 0.05) is 50.6 Å². The molecule has 0 aliphatic rings. The van der Waals surface area contributed by atoms with E-state index in [1.54, 1.807) is 0 Å². The Bertz CT molecular complexity index is 4310. The van der Waals surface area contributed by atoms with Crippen LogP contribution in [0.4, 0.5) is 34.1 Å². The van der Waals surface area contributed by atoms with Crippen molar-refractivity contribution in [3.05, 3.63) is 307 Å². The largest absolute Gasteiger partial charge is 0.310 e. The smallest absolute Gasteiger partial charge is 0.0541 e. The second-order valence-electron chi connectivity index (χ2n) is 21.5. The Kier molecular flexibility index (Phi) is 12.4. The Morgan fingerprint density at radius 2 is 0.556 bits per heavy atom. The zero-order valence-electron chi connectivity index (χ0n) is 46.0. The summed E-state index contributed by atoms with van der Waals surface area (Å²) in [5.41, 5.74) is 24.9. The van der Waals surface area contributed by atoms with Crippen LogP contribution < -0.4 is 9.80 Å². The summed E-state index contributed by atoms with van der Waals surface area (Å²) in [6, 6.07) is 104. The van der Waals surface area contributed by atoms with Crippen LogP contribution in [0.3, 0.4) is 0 Å². The lowest BCUT2D eigenvalue weighted by molar-refractivity contribution is 1.18. The maximum absolute atomic E-state index is 2.47. The molecule has 0 fully saturated rings. The van der Waals surface area contributed by atoms with Gasteiger partial charge in [0.1, 0.15) is 0 Å². The fourth-order valence-corrected chi connectivity index (χ4v) is 12.6. The van der Waals surface area contributed by atoms with Crippen LogP contribution in [0.1, 0.15) is 22.3 Å². The number of hydrogen-bond acceptors (Lipinski definition) is 2. The Morgan fingerprint density at radius 3 is 0.914 bits per heavy atom. The molecule has 0 aliphatic carbocycles. The maximum Gasteiger partial charge on any atom is 0.0541 e. The zero-order valence-corrected chi connectivity index (χ0v) is 46.0. The van der Waals surface area contributed by atoms with E-state index in [4.69, 9.17) is 0 Å². The number of nitrogens with zero attached hydrogens (tertiary/aromatic N) is 3. The van der Waals surface area contributed by atoms with Crippen molar-refractivity contribution < 1.29 is 0 Å². The molecule has 0 radical (unpaired) electrons. The summed E-state index contributed by atoms with van der Waals surface area (Å²) >= 11 is 0. The van der Waals surface area contributed by atoms with Gasteiger partial charge < -0.3 is 14.4 Å². The summed E-state index contributed by atoms with van der Waals surface area (Å²) in [7, 11) is 0. The van der Waals surface area contributed by atoms with Gasteiger partial charge in [0.05, 0.1) is 11.0 Å². The van der Waals surface area contributed by atoms with Crippen LogP contribution in [-0.2, 0) is 0 Å². The van der Waals surface area contributed by atoms with Gasteiger partial charge in [0.25, 0.3) is 0 Å². The summed E-state index contributed by atoms with van der Waals surface area (Å²) in [6.07, 6.45) is 0. The lowest BCUT2D eigenvalue weighted by Gasteiger charge is -2.28. The van der Waals surface area contributed by atoms with E-state index >= 15 is 0 Å². The maximum atomic E-state index is 2.47. The first-order valence-electron chi connectivity index (χ1n) is 28.1. The molecular formula is C78H59N3. The van der Waals surface area contributed by atoms with Crippen LogP contribution >= 0.6 is 0 Å². The molecule has 3 nitrogen and oxygen atoms in total. The van der Waals surface area contributed by atoms with Crippen LogP contribution in [0.15, 0.2) is 285 Å². The molecule has 0 atom stereocenters. The molecule has 0 saturated carbocycles. The monoisotopic (exact) mass is 1040 g/mol. The molecule has 0 unspecified atom stereocenters. The van der Waals surface area contributed by atoms with Crippen LogP contribution in [0.2, 0.25) is 0 Å². The average molecular weight is 1040 g/mol. The Morgan fingerprint density at radius 1 is 0.247 bits per heavy atom. The highest BCUT2D eigenvalue weighted by Crippen LogP contribution is 2.47. The predicted molar refractivity (Wildman–Crippen MR) is 346 cm³/mol. The van der Waals surface area contributed by atoms with E-state index in [9.17, 15) is 0 Å². The molecule has 0 aliphatic heterocycles. The average Bonchev–Trinajstić information content (AvgIpc) is 3.66. The van der Waals surface area contributed by atoms with Crippen molar-refractivity contribution in [2.45, 2.75) is 27.7 Å². The molecule has 81 heavy (non-hydrogen) atoms. The number of fused-ring (bicyclic) bond motifs is 5. The third-order valence-electron chi connectivity index (χ3n) is 16.4. The van der Waals surface area contributed by atoms with Crippen LogP contribution in [0.5, 0.6) is 0 Å². The van der Waals surface area contributed by atoms with Gasteiger partial charge in [0.2, 0.25) is 0 Å². The third-order valence-corrected chi connectivity index (χ3v) is 16.4. The van der Waals surface area contributed by atoms with Gasteiger partial charge in [-0.1, -0.05) is 176 Å². The number of aryl methyl sites for hydroxylation is 4. The molecule has 14 rings (SSSR count). The second-order valence-corrected chi connectivity index (χ2v) is 21.5. The minimum atomic E-state index is 1.12. The topological polar surface area (TPSA) is 11.4 Å². The highest BCUT2D eigenvalue weighted by atomic mass is 15.1. The first-order chi connectivity index (χ1) is 39.9. The zero-order chi connectivity index (χ0) is 54.6. The predicted octanol–water partition coefficient (Wildman–Crippen LogP) is 21.9. The first-order valence-corrected chi connectivity index (χ1v) is 28.1. The SMILES string of the molecule is Cc1cc(N(c2ccccc2)c2ccccc2)c(C)cc1-c1ccc2c(c1)c1cc(-c3cc(C)c(N(c4ccccc4)c4ccccc4)cc3C)ccc1n2-c1ccc(-c2c3ccccc3c(-c3ccccc3)c3ccccc23)cc1. The van der Waals surface area contributed by atoms with E-state index in [1.165, 1.54) is 110 Å². The Balaban J connectivity index is 0.927. The number of anilines is 6. The van der Waals surface area contributed by atoms with Crippen LogP contribution in [0, 0.1) is 27.7 Å². The standard InChI is InChI=1S/C78H59N3/c1-52-48-75(79(60-26-12-6-13-27-60)61-28-14-7-15-29-61)54(3)46-69(52)58-40-44-73-71(50-58)72-51-59(70-47-55(4)76(49-53(70)2)80(62-30-16-8-17-31-62)63-32-18-9-19-33-63)41-45-74(72)81(73)64-42-38-57(39-43-64)78-67-36-22-20-34-65(67)77(56-24-10-5-11-25-56)66-35-21-23-37-68(66)78/h5-51H,1-4H3. The lowest BCUT2D eigenvalue weighted by atomic mass is 9.86. The molecule has 13 aromatic carbocycles. The minimum absolute atomic E-state index is 1.12. The van der Waals surface area contributed by atoms with Gasteiger partial charge in [-0.15, -0.1) is 0 Å². The van der Waals surface area contributed by atoms with Crippen molar-refractivity contribution in [3.63, 3.8) is 0 Å². The highest BCUT2D eigenvalue weighted by Gasteiger charge is 2.22. The van der Waals surface area contributed by atoms with E-state index < -0.39 is 0 Å². The molecule has 1 heterocycles. The first kappa shape index (κ1) is 49.1. The number of aromatic nitrogens is 1. The molecule has 0 N–H and O–H groups in total. The van der Waals surface area contributed by atoms with Crippen molar-refractivity contribution in [1.29, 1.82) is 0 Å². The van der Waals surface area contributed by atoms with Crippen molar-refractivity contribution in [3.8, 4) is 50.2 Å². The summed E-state index contributed by atoms with van der Waals surface area (Å²) in [5.74, 6) is 0. The van der Waals surface area contributed by atoms with E-state index in [-0.39, 0.29) is 0 Å². The molecule has 0 saturated heterocycles. The molecule has 0 bridgehead atoms. The number of rotatable bonds is 11. The second kappa shape index (κ2) is 20.5. The molecule has 386 valence electrons. The third kappa shape index (κ3) is 8.72. The van der Waals surface area contributed by atoms with Gasteiger partial charge in [-0.3, -0.25) is 0 Å². The number of hydrogen-bond donors (Lipinski definition) is 0. The van der Waals surface area contributed by atoms with Gasteiger partial charge >= 0.3 is 0 Å². The number of benzene rings is 13. The molecule has 0 spiro atoms. The number of para-hydroxylation sites is 4. The quantitative estimate of drug-likeness (QED) is 0.120. The van der Waals surface area contributed by atoms with Crippen LogP contribution in [0.25, 0.3) is 93.5 Å². The lowest BCUT2D eigenvalue weighted by Crippen LogP contribution is -2.11. The summed E-state index contributed by atoms with van der Waals surface area (Å²) in [5, 5.41) is 7.43. The van der Waals surface area contributed by atoms with E-state index in [2.05, 4.69) is 327 Å². The molecular weight excluding hydrogens is 979 g/mol. The van der Waals surface area contributed by atoms with Crippen molar-refractivity contribution in [1.82, 2.24) is 4.57 Å². The highest BCUT2D eigenvalue weighted by molar-refractivity contribution is 6.21. The molecule has 1 aromatic heterocycles. The van der Waals surface area contributed by atoms with Crippen molar-refractivity contribution >= 4 is 77.5 Å². The fourth-order valence-electron chi connectivity index (χ4n) is 12.6. The minimum Gasteiger partial charge on any atom is -0.310 e. The normalized spacial score (nSPS) is 11.5. The fraction of sp³-hybridized carbons (Fsp3) is 0.0513. The summed E-state index contributed by atoms with van der Waals surface area (Å²) in [6.45, 7) is 9.00. The Hall–Kier alpha value is -10.2. The van der Waals surface area contributed by atoms with E-state index in [0.717, 1.165) is 39.5 Å². The van der Waals surface area contributed by atoms with E-state index in [1.807, 2.05) is 0 Å².